The summed E-state index contributed by atoms with van der Waals surface area (Å²) in [5, 5.41) is 0. The minimum Gasteiger partial charge on any atom is -0.337 e. The molecule has 1 aromatic carbocycles. The lowest BCUT2D eigenvalue weighted by molar-refractivity contribution is 0.0236. The number of hydrogen-bond donors (Lipinski definition) is 0. The van der Waals surface area contributed by atoms with Gasteiger partial charge in [-0.3, -0.25) is 4.79 Å². The molecule has 0 saturated carbocycles. The summed E-state index contributed by atoms with van der Waals surface area (Å²) in [7, 11) is 0. The van der Waals surface area contributed by atoms with Crippen molar-refractivity contribution in [1.29, 1.82) is 0 Å². The monoisotopic (exact) mass is 207 g/mol. The number of benzene rings is 1. The molecule has 1 fully saturated rings. The molecule has 1 aliphatic heterocycles. The van der Waals surface area contributed by atoms with E-state index in [1.807, 2.05) is 0 Å². The molecule has 0 atom stereocenters. The van der Waals surface area contributed by atoms with Crippen LogP contribution in [0.1, 0.15) is 24.2 Å². The van der Waals surface area contributed by atoms with Crippen LogP contribution in [-0.2, 0) is 0 Å². The molecule has 1 aromatic rings. The normalized spacial score (nSPS) is 18.5. The molecule has 2 nitrogen and oxygen atoms in total. The number of hydrogen-bond acceptors (Lipinski definition) is 1. The maximum atomic E-state index is 12.9. The van der Waals surface area contributed by atoms with Crippen LogP contribution in [0.15, 0.2) is 24.3 Å². The van der Waals surface area contributed by atoms with Crippen LogP contribution in [0.2, 0.25) is 0 Å². The van der Waals surface area contributed by atoms with Crippen LogP contribution in [0.5, 0.6) is 0 Å². The quantitative estimate of drug-likeness (QED) is 0.692. The predicted octanol–water partition coefficient (Wildman–Crippen LogP) is 2.31. The summed E-state index contributed by atoms with van der Waals surface area (Å²) in [6.07, 6.45) is 0. The van der Waals surface area contributed by atoms with E-state index in [0.29, 0.717) is 5.56 Å². The topological polar surface area (TPSA) is 20.3 Å². The molecule has 0 spiro atoms. The summed E-state index contributed by atoms with van der Waals surface area (Å²) in [5.41, 5.74) is 0.647. The molecule has 15 heavy (non-hydrogen) atoms. The molecule has 1 amide bonds. The van der Waals surface area contributed by atoms with Gasteiger partial charge in [-0.05, 0) is 23.6 Å². The zero-order valence-corrected chi connectivity index (χ0v) is 8.96. The fourth-order valence-electron chi connectivity index (χ4n) is 1.93. The Morgan fingerprint density at radius 3 is 2.60 bits per heavy atom. The second-order valence-electron chi connectivity index (χ2n) is 4.84. The lowest BCUT2D eigenvalue weighted by Crippen LogP contribution is -2.55. The Morgan fingerprint density at radius 2 is 2.07 bits per heavy atom. The van der Waals surface area contributed by atoms with Crippen LogP contribution < -0.4 is 0 Å². The Kier molecular flexibility index (Phi) is 2.25. The van der Waals surface area contributed by atoms with Crippen LogP contribution in [0, 0.1) is 11.2 Å². The summed E-state index contributed by atoms with van der Waals surface area (Å²) in [5.74, 6) is -0.436. The minimum atomic E-state index is -0.361. The molecule has 2 rings (SSSR count). The Hall–Kier alpha value is -1.38. The fraction of sp³-hybridized carbons (Fsp3) is 0.417. The largest absolute Gasteiger partial charge is 0.337 e. The smallest absolute Gasteiger partial charge is 0.253 e. The average Bonchev–Trinajstić information content (AvgIpc) is 2.13. The van der Waals surface area contributed by atoms with E-state index < -0.39 is 0 Å². The highest BCUT2D eigenvalue weighted by Crippen LogP contribution is 2.29. The molecule has 80 valence electrons. The molecule has 0 radical (unpaired) electrons. The van der Waals surface area contributed by atoms with Crippen LogP contribution in [-0.4, -0.2) is 23.9 Å². The summed E-state index contributed by atoms with van der Waals surface area (Å²) < 4.78 is 12.9. The van der Waals surface area contributed by atoms with Gasteiger partial charge >= 0.3 is 0 Å². The van der Waals surface area contributed by atoms with Gasteiger partial charge in [-0.25, -0.2) is 4.39 Å². The Morgan fingerprint density at radius 1 is 1.40 bits per heavy atom. The third kappa shape index (κ3) is 2.01. The highest BCUT2D eigenvalue weighted by atomic mass is 19.1. The van der Waals surface area contributed by atoms with E-state index in [4.69, 9.17) is 0 Å². The van der Waals surface area contributed by atoms with Gasteiger partial charge < -0.3 is 4.90 Å². The zero-order valence-electron chi connectivity index (χ0n) is 8.96. The van der Waals surface area contributed by atoms with Gasteiger partial charge in [-0.15, -0.1) is 0 Å². The van der Waals surface area contributed by atoms with Crippen LogP contribution in [0.4, 0.5) is 4.39 Å². The number of nitrogens with zero attached hydrogens (tertiary/aromatic N) is 1. The first kappa shape index (κ1) is 10.1. The lowest BCUT2D eigenvalue weighted by atomic mass is 9.84. The molecule has 1 saturated heterocycles. The van der Waals surface area contributed by atoms with Gasteiger partial charge in [0.2, 0.25) is 0 Å². The van der Waals surface area contributed by atoms with Crippen molar-refractivity contribution in [2.75, 3.05) is 13.1 Å². The summed E-state index contributed by atoms with van der Waals surface area (Å²) in [4.78, 5) is 13.6. The Labute approximate surface area is 88.7 Å². The minimum absolute atomic E-state index is 0.0752. The van der Waals surface area contributed by atoms with E-state index in [0.717, 1.165) is 13.1 Å². The van der Waals surface area contributed by atoms with Gasteiger partial charge in [-0.1, -0.05) is 19.9 Å². The van der Waals surface area contributed by atoms with Gasteiger partial charge in [0.05, 0.1) is 0 Å². The van der Waals surface area contributed by atoms with Crippen molar-refractivity contribution in [2.24, 2.45) is 5.41 Å². The number of amides is 1. The van der Waals surface area contributed by atoms with Gasteiger partial charge in [0, 0.05) is 18.7 Å². The van der Waals surface area contributed by atoms with Crippen molar-refractivity contribution in [3.63, 3.8) is 0 Å². The number of carbonyl (C=O) groups excluding carboxylic acids is 1. The molecule has 1 heterocycles. The molecular weight excluding hydrogens is 193 g/mol. The van der Waals surface area contributed by atoms with Gasteiger partial charge in [0.15, 0.2) is 0 Å². The first-order valence-corrected chi connectivity index (χ1v) is 5.03. The van der Waals surface area contributed by atoms with E-state index in [1.165, 1.54) is 12.1 Å². The Bertz CT molecular complexity index is 392. The van der Waals surface area contributed by atoms with Crippen molar-refractivity contribution < 1.29 is 9.18 Å². The van der Waals surface area contributed by atoms with E-state index in [2.05, 4.69) is 13.8 Å². The van der Waals surface area contributed by atoms with E-state index >= 15 is 0 Å². The van der Waals surface area contributed by atoms with E-state index in [9.17, 15) is 9.18 Å². The van der Waals surface area contributed by atoms with Crippen molar-refractivity contribution in [3.8, 4) is 0 Å². The second kappa shape index (κ2) is 3.33. The van der Waals surface area contributed by atoms with Crippen molar-refractivity contribution in [3.05, 3.63) is 35.6 Å². The van der Waals surface area contributed by atoms with Crippen LogP contribution in [0.25, 0.3) is 0 Å². The van der Waals surface area contributed by atoms with E-state index in [1.54, 1.807) is 17.0 Å². The number of carbonyl (C=O) groups is 1. The van der Waals surface area contributed by atoms with Gasteiger partial charge in [0.1, 0.15) is 5.82 Å². The SMILES string of the molecule is CC1(C)CN(C(=O)c2cccc(F)c2)C1. The summed E-state index contributed by atoms with van der Waals surface area (Å²) in [6.45, 7) is 5.73. The number of likely N-dealkylation sites (tertiary alicyclic amines) is 1. The van der Waals surface area contributed by atoms with Crippen LogP contribution >= 0.6 is 0 Å². The van der Waals surface area contributed by atoms with Crippen molar-refractivity contribution in [1.82, 2.24) is 4.90 Å². The third-order valence-electron chi connectivity index (χ3n) is 2.60. The maximum absolute atomic E-state index is 12.9. The molecule has 0 aliphatic carbocycles. The van der Waals surface area contributed by atoms with Crippen LogP contribution in [0.3, 0.4) is 0 Å². The average molecular weight is 207 g/mol. The molecule has 0 aromatic heterocycles. The third-order valence-corrected chi connectivity index (χ3v) is 2.60. The first-order valence-electron chi connectivity index (χ1n) is 5.03. The molecule has 3 heteroatoms. The molecular formula is C12H14FNO. The predicted molar refractivity (Wildman–Crippen MR) is 56.1 cm³/mol. The lowest BCUT2D eigenvalue weighted by Gasteiger charge is -2.45. The van der Waals surface area contributed by atoms with Crippen molar-refractivity contribution in [2.45, 2.75) is 13.8 Å². The Balaban J connectivity index is 2.10. The number of rotatable bonds is 1. The standard InChI is InChI=1S/C12H14FNO/c1-12(2)7-14(8-12)11(15)9-4-3-5-10(13)6-9/h3-6H,7-8H2,1-2H3. The van der Waals surface area contributed by atoms with E-state index in [-0.39, 0.29) is 17.1 Å². The maximum Gasteiger partial charge on any atom is 0.253 e. The second-order valence-corrected chi connectivity index (χ2v) is 4.84. The zero-order chi connectivity index (χ0) is 11.1. The molecule has 0 N–H and O–H groups in total. The van der Waals surface area contributed by atoms with Crippen molar-refractivity contribution >= 4 is 5.91 Å². The highest BCUT2D eigenvalue weighted by Gasteiger charge is 2.37. The summed E-state index contributed by atoms with van der Waals surface area (Å²) >= 11 is 0. The molecule has 0 unspecified atom stereocenters. The highest BCUT2D eigenvalue weighted by molar-refractivity contribution is 5.94. The van der Waals surface area contributed by atoms with Gasteiger partial charge in [-0.2, -0.15) is 0 Å². The van der Waals surface area contributed by atoms with Gasteiger partial charge in [0.25, 0.3) is 5.91 Å². The fourth-order valence-corrected chi connectivity index (χ4v) is 1.93. The molecule has 1 aliphatic rings. The summed E-state index contributed by atoms with van der Waals surface area (Å²) in [6, 6.07) is 5.84. The number of halogens is 1. The molecule has 0 bridgehead atoms. The first-order chi connectivity index (χ1) is 6.98.